The van der Waals surface area contributed by atoms with E-state index in [1.165, 1.54) is 0 Å². The standard InChI is InChI=1S/C16H12Cl3I2N3OS/c17-16(18,19)14(23-13(25)9-2-1-3-11(21)8-9)24-15(26)22-12-6-4-10(20)5-7-12/h1-8,14H,(H,23,25)(H2,22,24,26)/t14-/m1/s1. The topological polar surface area (TPSA) is 53.2 Å². The summed E-state index contributed by atoms with van der Waals surface area (Å²) in [4.78, 5) is 12.4. The van der Waals surface area contributed by atoms with Gasteiger partial charge in [0, 0.05) is 18.4 Å². The monoisotopic (exact) mass is 653 g/mol. The van der Waals surface area contributed by atoms with Crippen LogP contribution in [0.5, 0.6) is 0 Å². The average molecular weight is 655 g/mol. The molecular weight excluding hydrogens is 642 g/mol. The molecule has 0 aliphatic carbocycles. The molecule has 138 valence electrons. The fourth-order valence-electron chi connectivity index (χ4n) is 1.88. The first kappa shape index (κ1) is 22.2. The van der Waals surface area contributed by atoms with Crippen LogP contribution in [0.2, 0.25) is 0 Å². The number of amides is 1. The molecule has 10 heteroatoms. The first-order valence-electron chi connectivity index (χ1n) is 7.11. The molecule has 0 fully saturated rings. The van der Waals surface area contributed by atoms with E-state index in [4.69, 9.17) is 47.0 Å². The number of alkyl halides is 3. The molecule has 0 unspecified atom stereocenters. The van der Waals surface area contributed by atoms with Crippen molar-refractivity contribution in [3.05, 3.63) is 61.2 Å². The van der Waals surface area contributed by atoms with Gasteiger partial charge in [0.2, 0.25) is 3.79 Å². The van der Waals surface area contributed by atoms with Gasteiger partial charge in [-0.15, -0.1) is 0 Å². The Morgan fingerprint density at radius 1 is 1.00 bits per heavy atom. The Morgan fingerprint density at radius 2 is 1.65 bits per heavy atom. The van der Waals surface area contributed by atoms with Crippen LogP contribution in [-0.2, 0) is 0 Å². The number of hydrogen-bond donors (Lipinski definition) is 3. The fourth-order valence-corrected chi connectivity index (χ4v) is 3.34. The van der Waals surface area contributed by atoms with Crippen LogP contribution in [0.4, 0.5) is 5.69 Å². The smallest absolute Gasteiger partial charge is 0.253 e. The van der Waals surface area contributed by atoms with E-state index in [2.05, 4.69) is 61.1 Å². The molecule has 0 saturated carbocycles. The highest BCUT2D eigenvalue weighted by molar-refractivity contribution is 14.1. The van der Waals surface area contributed by atoms with Crippen molar-refractivity contribution in [2.75, 3.05) is 5.32 Å². The van der Waals surface area contributed by atoms with Gasteiger partial charge in [-0.05, 0) is 99.9 Å². The third kappa shape index (κ3) is 7.16. The lowest BCUT2D eigenvalue weighted by Gasteiger charge is -2.27. The zero-order valence-corrected chi connectivity index (χ0v) is 20.3. The Labute approximate surface area is 199 Å². The number of benzene rings is 2. The summed E-state index contributed by atoms with van der Waals surface area (Å²) in [6.45, 7) is 0. The van der Waals surface area contributed by atoms with E-state index < -0.39 is 9.96 Å². The number of rotatable bonds is 4. The second kappa shape index (κ2) is 9.92. The quantitative estimate of drug-likeness (QED) is 0.181. The summed E-state index contributed by atoms with van der Waals surface area (Å²) in [6.07, 6.45) is -1.03. The van der Waals surface area contributed by atoms with Gasteiger partial charge in [-0.1, -0.05) is 40.9 Å². The van der Waals surface area contributed by atoms with Gasteiger partial charge < -0.3 is 16.0 Å². The van der Waals surface area contributed by atoms with E-state index in [9.17, 15) is 4.79 Å². The summed E-state index contributed by atoms with van der Waals surface area (Å²) in [5.41, 5.74) is 1.23. The third-order valence-electron chi connectivity index (χ3n) is 3.07. The van der Waals surface area contributed by atoms with Crippen molar-refractivity contribution < 1.29 is 4.79 Å². The molecule has 0 bridgehead atoms. The molecule has 26 heavy (non-hydrogen) atoms. The molecule has 0 aromatic heterocycles. The number of hydrogen-bond acceptors (Lipinski definition) is 2. The van der Waals surface area contributed by atoms with Gasteiger partial charge in [0.15, 0.2) is 5.11 Å². The zero-order valence-electron chi connectivity index (χ0n) is 12.9. The second-order valence-electron chi connectivity index (χ2n) is 5.06. The highest BCUT2D eigenvalue weighted by Gasteiger charge is 2.34. The van der Waals surface area contributed by atoms with Crippen molar-refractivity contribution in [2.45, 2.75) is 9.96 Å². The molecule has 0 heterocycles. The van der Waals surface area contributed by atoms with E-state index >= 15 is 0 Å². The summed E-state index contributed by atoms with van der Waals surface area (Å²) in [7, 11) is 0. The van der Waals surface area contributed by atoms with E-state index in [0.717, 1.165) is 12.8 Å². The number of carbonyl (C=O) groups excluding carboxylic acids is 1. The van der Waals surface area contributed by atoms with Crippen LogP contribution < -0.4 is 16.0 Å². The minimum absolute atomic E-state index is 0.213. The maximum Gasteiger partial charge on any atom is 0.253 e. The lowest BCUT2D eigenvalue weighted by molar-refractivity contribution is 0.0934. The molecule has 0 aliphatic heterocycles. The van der Waals surface area contributed by atoms with Gasteiger partial charge in [0.25, 0.3) is 5.91 Å². The van der Waals surface area contributed by atoms with Gasteiger partial charge in [-0.25, -0.2) is 0 Å². The third-order valence-corrected chi connectivity index (χ3v) is 5.33. The van der Waals surface area contributed by atoms with E-state index in [-0.39, 0.29) is 11.0 Å². The number of anilines is 1. The first-order valence-corrected chi connectivity index (χ1v) is 10.8. The Morgan fingerprint density at radius 3 is 2.23 bits per heavy atom. The van der Waals surface area contributed by atoms with E-state index in [1.807, 2.05) is 30.3 Å². The van der Waals surface area contributed by atoms with E-state index in [0.29, 0.717) is 5.56 Å². The molecule has 0 radical (unpaired) electrons. The zero-order chi connectivity index (χ0) is 19.3. The van der Waals surface area contributed by atoms with Crippen LogP contribution in [0, 0.1) is 7.14 Å². The molecule has 0 saturated heterocycles. The van der Waals surface area contributed by atoms with Crippen molar-refractivity contribution in [2.24, 2.45) is 0 Å². The van der Waals surface area contributed by atoms with Crippen LogP contribution in [0.3, 0.4) is 0 Å². The lowest BCUT2D eigenvalue weighted by Crippen LogP contribution is -2.56. The number of nitrogens with one attached hydrogen (secondary N) is 3. The van der Waals surface area contributed by atoms with Crippen molar-refractivity contribution in [1.82, 2.24) is 10.6 Å². The van der Waals surface area contributed by atoms with Crippen molar-refractivity contribution in [3.8, 4) is 0 Å². The van der Waals surface area contributed by atoms with E-state index in [1.54, 1.807) is 18.2 Å². The molecule has 1 atom stereocenters. The molecule has 4 nitrogen and oxygen atoms in total. The van der Waals surface area contributed by atoms with Gasteiger partial charge in [0.05, 0.1) is 0 Å². The van der Waals surface area contributed by atoms with Crippen LogP contribution in [0.1, 0.15) is 10.4 Å². The average Bonchev–Trinajstić information content (AvgIpc) is 2.55. The Bertz CT molecular complexity index is 800. The molecule has 1 amide bonds. The predicted molar refractivity (Wildman–Crippen MR) is 129 cm³/mol. The van der Waals surface area contributed by atoms with Crippen LogP contribution in [-0.4, -0.2) is 21.0 Å². The maximum atomic E-state index is 12.4. The minimum atomic E-state index is -1.81. The highest BCUT2D eigenvalue weighted by Crippen LogP contribution is 2.29. The molecule has 3 N–H and O–H groups in total. The molecular formula is C16H12Cl3I2N3OS. The van der Waals surface area contributed by atoms with Gasteiger partial charge in [-0.2, -0.15) is 0 Å². The van der Waals surface area contributed by atoms with Crippen LogP contribution >= 0.6 is 92.2 Å². The molecule has 2 aromatic carbocycles. The molecule has 0 spiro atoms. The molecule has 2 rings (SSSR count). The van der Waals surface area contributed by atoms with Crippen molar-refractivity contribution in [3.63, 3.8) is 0 Å². The summed E-state index contributed by atoms with van der Waals surface area (Å²) >= 11 is 27.6. The maximum absolute atomic E-state index is 12.4. The van der Waals surface area contributed by atoms with Crippen molar-refractivity contribution in [1.29, 1.82) is 0 Å². The first-order chi connectivity index (χ1) is 12.1. The molecule has 0 aliphatic rings. The largest absolute Gasteiger partial charge is 0.339 e. The van der Waals surface area contributed by atoms with Gasteiger partial charge >= 0.3 is 0 Å². The normalized spacial score (nSPS) is 12.2. The van der Waals surface area contributed by atoms with Crippen molar-refractivity contribution >= 4 is 109 Å². The summed E-state index contributed by atoms with van der Waals surface area (Å²) < 4.78 is 0.204. The fraction of sp³-hybridized carbons (Fsp3) is 0.125. The van der Waals surface area contributed by atoms with Gasteiger partial charge in [-0.3, -0.25) is 4.79 Å². The number of carbonyl (C=O) groups is 1. The Kier molecular flexibility index (Phi) is 8.48. The Balaban J connectivity index is 2.06. The molecule has 2 aromatic rings. The number of halogens is 5. The van der Waals surface area contributed by atoms with Gasteiger partial charge in [0.1, 0.15) is 6.17 Å². The summed E-state index contributed by atoms with van der Waals surface area (Å²) in [6, 6.07) is 14.6. The lowest BCUT2D eigenvalue weighted by atomic mass is 10.2. The number of thiocarbonyl (C=S) groups is 1. The summed E-state index contributed by atoms with van der Waals surface area (Å²) in [5, 5.41) is 8.67. The SMILES string of the molecule is O=C(N[C@H](NC(=S)Nc1ccc(I)cc1)C(Cl)(Cl)Cl)c1cccc(I)c1. The summed E-state index contributed by atoms with van der Waals surface area (Å²) in [5.74, 6) is -0.385. The van der Waals surface area contributed by atoms with Crippen LogP contribution in [0.15, 0.2) is 48.5 Å². The minimum Gasteiger partial charge on any atom is -0.339 e. The second-order valence-corrected chi connectivity index (χ2v) is 10.3. The predicted octanol–water partition coefficient (Wildman–Crippen LogP) is 5.31. The Hall–Kier alpha value is -0.0700. The highest BCUT2D eigenvalue weighted by atomic mass is 127. The van der Waals surface area contributed by atoms with Crippen LogP contribution in [0.25, 0.3) is 0 Å².